The Hall–Kier alpha value is -1.59. The highest BCUT2D eigenvalue weighted by molar-refractivity contribution is 6.03. The smallest absolute Gasteiger partial charge is 0.175 e. The van der Waals surface area contributed by atoms with Gasteiger partial charge in [0.15, 0.2) is 5.78 Å². The zero-order valence-electron chi connectivity index (χ0n) is 10.4. The molecule has 1 saturated carbocycles. The molecule has 3 rings (SSSR count). The molecule has 0 unspecified atom stereocenters. The van der Waals surface area contributed by atoms with E-state index in [1.165, 1.54) is 0 Å². The Balaban J connectivity index is 1.96. The molecular formula is C16H16O2. The summed E-state index contributed by atoms with van der Waals surface area (Å²) in [6.45, 7) is 5.51. The zero-order valence-corrected chi connectivity index (χ0v) is 10.4. The van der Waals surface area contributed by atoms with Crippen LogP contribution in [0.4, 0.5) is 0 Å². The van der Waals surface area contributed by atoms with Gasteiger partial charge in [-0.05, 0) is 36.8 Å². The van der Waals surface area contributed by atoms with Gasteiger partial charge in [0.2, 0.25) is 0 Å². The summed E-state index contributed by atoms with van der Waals surface area (Å²) in [6, 6.07) is 0. The van der Waals surface area contributed by atoms with Crippen molar-refractivity contribution in [2.24, 2.45) is 23.7 Å². The van der Waals surface area contributed by atoms with Gasteiger partial charge in [0.1, 0.15) is 0 Å². The van der Waals surface area contributed by atoms with E-state index in [2.05, 4.69) is 30.6 Å². The Labute approximate surface area is 107 Å². The molecule has 0 radical (unpaired) electrons. The van der Waals surface area contributed by atoms with Crippen LogP contribution in [0.1, 0.15) is 13.3 Å². The van der Waals surface area contributed by atoms with Crippen LogP contribution in [0.2, 0.25) is 0 Å². The Morgan fingerprint density at radius 2 is 2.17 bits per heavy atom. The molecule has 0 aliphatic heterocycles. The number of Topliss-reactive ketones (excluding diaryl/α,β-unsaturated/α-hetero) is 1. The maximum Gasteiger partial charge on any atom is 0.175 e. The van der Waals surface area contributed by atoms with Crippen LogP contribution in [-0.4, -0.2) is 17.0 Å². The molecule has 2 heteroatoms. The molecule has 3 aliphatic rings. The van der Waals surface area contributed by atoms with Gasteiger partial charge < -0.3 is 5.11 Å². The van der Waals surface area contributed by atoms with Crippen molar-refractivity contribution in [1.29, 1.82) is 0 Å². The summed E-state index contributed by atoms with van der Waals surface area (Å²) in [5, 5.41) is 10.2. The second-order valence-electron chi connectivity index (χ2n) is 5.52. The number of fused-ring (bicyclic) bond motifs is 5. The summed E-state index contributed by atoms with van der Waals surface area (Å²) in [5.41, 5.74) is 1.20. The monoisotopic (exact) mass is 240 g/mol. The van der Waals surface area contributed by atoms with E-state index < -0.39 is 6.10 Å². The van der Waals surface area contributed by atoms with Gasteiger partial charge >= 0.3 is 0 Å². The predicted molar refractivity (Wildman–Crippen MR) is 69.4 cm³/mol. The summed E-state index contributed by atoms with van der Waals surface area (Å²) >= 11 is 0. The minimum atomic E-state index is -0.540. The normalized spacial score (nSPS) is 40.0. The maximum atomic E-state index is 12.4. The van der Waals surface area contributed by atoms with E-state index in [0.29, 0.717) is 17.4 Å². The Bertz CT molecular complexity index is 541. The lowest BCUT2D eigenvalue weighted by molar-refractivity contribution is -0.123. The SMILES string of the molecule is C=C(C)C#CC1=C[C@@H](O)[C@@H]2[C@H](C1=O)[C@@H]1C=C[C@H]2C1. The van der Waals surface area contributed by atoms with Crippen molar-refractivity contribution in [3.8, 4) is 11.8 Å². The number of rotatable bonds is 0. The lowest BCUT2D eigenvalue weighted by Gasteiger charge is -2.33. The number of ketones is 1. The highest BCUT2D eigenvalue weighted by Gasteiger charge is 2.52. The van der Waals surface area contributed by atoms with E-state index in [0.717, 1.165) is 12.0 Å². The number of aliphatic hydroxyl groups is 1. The van der Waals surface area contributed by atoms with Crippen molar-refractivity contribution in [1.82, 2.24) is 0 Å². The van der Waals surface area contributed by atoms with Crippen LogP contribution in [0.3, 0.4) is 0 Å². The molecule has 0 amide bonds. The van der Waals surface area contributed by atoms with Crippen molar-refractivity contribution in [3.63, 3.8) is 0 Å². The number of carbonyl (C=O) groups excluding carboxylic acids is 1. The van der Waals surface area contributed by atoms with E-state index in [9.17, 15) is 9.90 Å². The minimum Gasteiger partial charge on any atom is -0.389 e. The molecule has 0 spiro atoms. The van der Waals surface area contributed by atoms with E-state index in [-0.39, 0.29) is 17.6 Å². The average Bonchev–Trinajstić information content (AvgIpc) is 2.92. The average molecular weight is 240 g/mol. The zero-order chi connectivity index (χ0) is 12.9. The first kappa shape index (κ1) is 11.5. The molecule has 1 fully saturated rings. The highest BCUT2D eigenvalue weighted by Crippen LogP contribution is 2.52. The van der Waals surface area contributed by atoms with Gasteiger partial charge in [-0.3, -0.25) is 4.79 Å². The van der Waals surface area contributed by atoms with Gasteiger partial charge in [-0.15, -0.1) is 0 Å². The van der Waals surface area contributed by atoms with Crippen LogP contribution in [0, 0.1) is 35.5 Å². The first-order chi connectivity index (χ1) is 8.58. The van der Waals surface area contributed by atoms with Crippen molar-refractivity contribution >= 4 is 5.78 Å². The second-order valence-corrected chi connectivity index (χ2v) is 5.52. The van der Waals surface area contributed by atoms with E-state index in [4.69, 9.17) is 0 Å². The van der Waals surface area contributed by atoms with Crippen LogP contribution in [0.25, 0.3) is 0 Å². The lowest BCUT2D eigenvalue weighted by atomic mass is 9.71. The van der Waals surface area contributed by atoms with Gasteiger partial charge in [-0.1, -0.05) is 30.6 Å². The molecule has 2 bridgehead atoms. The second kappa shape index (κ2) is 3.96. The molecule has 1 N–H and O–H groups in total. The van der Waals surface area contributed by atoms with Crippen molar-refractivity contribution in [2.75, 3.05) is 0 Å². The van der Waals surface area contributed by atoms with Gasteiger partial charge in [-0.25, -0.2) is 0 Å². The highest BCUT2D eigenvalue weighted by atomic mass is 16.3. The number of carbonyl (C=O) groups is 1. The quantitative estimate of drug-likeness (QED) is 0.518. The van der Waals surface area contributed by atoms with Crippen molar-refractivity contribution < 1.29 is 9.90 Å². The largest absolute Gasteiger partial charge is 0.389 e. The van der Waals surface area contributed by atoms with Gasteiger partial charge in [0.05, 0.1) is 11.7 Å². The third-order valence-electron chi connectivity index (χ3n) is 4.23. The Morgan fingerprint density at radius 3 is 2.89 bits per heavy atom. The van der Waals surface area contributed by atoms with Crippen LogP contribution in [0.5, 0.6) is 0 Å². The van der Waals surface area contributed by atoms with Crippen LogP contribution >= 0.6 is 0 Å². The molecule has 5 atom stereocenters. The van der Waals surface area contributed by atoms with E-state index >= 15 is 0 Å². The van der Waals surface area contributed by atoms with Crippen molar-refractivity contribution in [2.45, 2.75) is 19.4 Å². The molecule has 18 heavy (non-hydrogen) atoms. The lowest BCUT2D eigenvalue weighted by Crippen LogP contribution is -2.39. The molecular weight excluding hydrogens is 224 g/mol. The standard InChI is InChI=1S/C16H16O2/c1-9(2)3-4-12-8-13(17)14-10-5-6-11(7-10)15(14)16(12)18/h5-6,8,10-11,13-15,17H,1,7H2,2H3/t10-,11+,13+,14+,15+/m0/s1. The summed E-state index contributed by atoms with van der Waals surface area (Å²) in [4.78, 5) is 12.4. The van der Waals surface area contributed by atoms with Crippen molar-refractivity contribution in [3.05, 3.63) is 36.0 Å². The topological polar surface area (TPSA) is 37.3 Å². The number of hydrogen-bond acceptors (Lipinski definition) is 2. The summed E-state index contributed by atoms with van der Waals surface area (Å²) in [7, 11) is 0. The summed E-state index contributed by atoms with van der Waals surface area (Å²) in [6.07, 6.45) is 6.38. The fourth-order valence-corrected chi connectivity index (χ4v) is 3.52. The molecule has 0 aromatic rings. The maximum absolute atomic E-state index is 12.4. The number of aliphatic hydroxyl groups excluding tert-OH is 1. The number of allylic oxidation sites excluding steroid dienone is 4. The summed E-state index contributed by atoms with van der Waals surface area (Å²) < 4.78 is 0. The minimum absolute atomic E-state index is 0.0607. The first-order valence-corrected chi connectivity index (χ1v) is 6.38. The van der Waals surface area contributed by atoms with Crippen LogP contribution in [-0.2, 0) is 4.79 Å². The fraction of sp³-hybridized carbons (Fsp3) is 0.438. The molecule has 3 aliphatic carbocycles. The third kappa shape index (κ3) is 1.59. The molecule has 0 saturated heterocycles. The van der Waals surface area contributed by atoms with Gasteiger partial charge in [0, 0.05) is 11.8 Å². The fourth-order valence-electron chi connectivity index (χ4n) is 3.52. The van der Waals surface area contributed by atoms with Crippen LogP contribution < -0.4 is 0 Å². The van der Waals surface area contributed by atoms with Crippen LogP contribution in [0.15, 0.2) is 36.0 Å². The number of hydrogen-bond donors (Lipinski definition) is 1. The molecule has 2 nitrogen and oxygen atoms in total. The Morgan fingerprint density at radius 1 is 1.44 bits per heavy atom. The molecule has 0 heterocycles. The molecule has 92 valence electrons. The van der Waals surface area contributed by atoms with E-state index in [1.807, 2.05) is 0 Å². The molecule has 0 aromatic heterocycles. The van der Waals surface area contributed by atoms with Gasteiger partial charge in [-0.2, -0.15) is 0 Å². The van der Waals surface area contributed by atoms with Gasteiger partial charge in [0.25, 0.3) is 0 Å². The predicted octanol–water partition coefficient (Wildman–Crippen LogP) is 1.87. The molecule has 0 aromatic carbocycles. The summed E-state index contributed by atoms with van der Waals surface area (Å²) in [5.74, 6) is 6.47. The Kier molecular flexibility index (Phi) is 2.53. The third-order valence-corrected chi connectivity index (χ3v) is 4.23. The first-order valence-electron chi connectivity index (χ1n) is 6.38. The van der Waals surface area contributed by atoms with E-state index in [1.54, 1.807) is 13.0 Å².